The van der Waals surface area contributed by atoms with E-state index >= 15 is 0 Å². The van der Waals surface area contributed by atoms with Gasteiger partial charge in [-0.1, -0.05) is 30.0 Å². The van der Waals surface area contributed by atoms with Crippen molar-refractivity contribution in [2.24, 2.45) is 0 Å². The Morgan fingerprint density at radius 3 is 2.56 bits per heavy atom. The van der Waals surface area contributed by atoms with Gasteiger partial charge in [-0.2, -0.15) is 8.78 Å². The standard InChI is InChI=1S/C12H15F2NS/c13-12(14)16-11-4-2-1-3-10(11)9-5-7-15-8-6-9/h1-4,9,12,15H,5-8H2. The molecule has 1 aliphatic heterocycles. The van der Waals surface area contributed by atoms with Crippen LogP contribution in [0, 0.1) is 0 Å². The Kier molecular flexibility index (Phi) is 4.18. The zero-order valence-electron chi connectivity index (χ0n) is 8.96. The van der Waals surface area contributed by atoms with Crippen molar-refractivity contribution in [3.63, 3.8) is 0 Å². The van der Waals surface area contributed by atoms with Gasteiger partial charge in [0.1, 0.15) is 0 Å². The third-order valence-electron chi connectivity index (χ3n) is 2.91. The molecular weight excluding hydrogens is 228 g/mol. The lowest BCUT2D eigenvalue weighted by atomic mass is 9.90. The molecule has 0 saturated carbocycles. The summed E-state index contributed by atoms with van der Waals surface area (Å²) in [5, 5.41) is 3.29. The molecule has 0 radical (unpaired) electrons. The fraction of sp³-hybridized carbons (Fsp3) is 0.500. The van der Waals surface area contributed by atoms with Crippen LogP contribution in [0.2, 0.25) is 0 Å². The molecule has 88 valence electrons. The topological polar surface area (TPSA) is 12.0 Å². The molecule has 2 rings (SSSR count). The number of nitrogens with one attached hydrogen (secondary N) is 1. The average Bonchev–Trinajstić information content (AvgIpc) is 2.30. The van der Waals surface area contributed by atoms with E-state index in [-0.39, 0.29) is 0 Å². The predicted octanol–water partition coefficient (Wildman–Crippen LogP) is 3.47. The first-order valence-electron chi connectivity index (χ1n) is 5.52. The number of piperidine rings is 1. The molecule has 0 aliphatic carbocycles. The SMILES string of the molecule is FC(F)Sc1ccccc1C1CCNCC1. The molecule has 0 amide bonds. The highest BCUT2D eigenvalue weighted by molar-refractivity contribution is 7.99. The average molecular weight is 243 g/mol. The van der Waals surface area contributed by atoms with Crippen molar-refractivity contribution in [3.8, 4) is 0 Å². The summed E-state index contributed by atoms with van der Waals surface area (Å²) in [5.74, 6) is -1.90. The maximum Gasteiger partial charge on any atom is 0.288 e. The van der Waals surface area contributed by atoms with Crippen LogP contribution in [-0.4, -0.2) is 18.8 Å². The predicted molar refractivity (Wildman–Crippen MR) is 63.1 cm³/mol. The largest absolute Gasteiger partial charge is 0.317 e. The van der Waals surface area contributed by atoms with Gasteiger partial charge in [0.2, 0.25) is 0 Å². The number of alkyl halides is 2. The maximum atomic E-state index is 12.4. The lowest BCUT2D eigenvalue weighted by Gasteiger charge is -2.24. The molecule has 1 aromatic carbocycles. The second kappa shape index (κ2) is 5.64. The van der Waals surface area contributed by atoms with Gasteiger partial charge < -0.3 is 5.32 Å². The van der Waals surface area contributed by atoms with E-state index in [0.29, 0.717) is 17.7 Å². The number of thioether (sulfide) groups is 1. The van der Waals surface area contributed by atoms with Crippen LogP contribution in [0.25, 0.3) is 0 Å². The highest BCUT2D eigenvalue weighted by atomic mass is 32.2. The van der Waals surface area contributed by atoms with E-state index in [0.717, 1.165) is 36.4 Å². The zero-order valence-corrected chi connectivity index (χ0v) is 9.77. The molecule has 1 N–H and O–H groups in total. The third kappa shape index (κ3) is 2.95. The van der Waals surface area contributed by atoms with Gasteiger partial charge in [-0.3, -0.25) is 0 Å². The summed E-state index contributed by atoms with van der Waals surface area (Å²) in [6.45, 7) is 1.97. The normalized spacial score (nSPS) is 17.9. The van der Waals surface area contributed by atoms with Gasteiger partial charge >= 0.3 is 0 Å². The Morgan fingerprint density at radius 2 is 1.88 bits per heavy atom. The van der Waals surface area contributed by atoms with Crippen molar-refractivity contribution in [3.05, 3.63) is 29.8 Å². The molecule has 1 heterocycles. The van der Waals surface area contributed by atoms with Gasteiger partial charge in [-0.15, -0.1) is 0 Å². The Balaban J connectivity index is 2.17. The molecule has 4 heteroatoms. The monoisotopic (exact) mass is 243 g/mol. The van der Waals surface area contributed by atoms with Gasteiger partial charge in [-0.25, -0.2) is 0 Å². The number of hydrogen-bond donors (Lipinski definition) is 1. The molecule has 0 bridgehead atoms. The van der Waals surface area contributed by atoms with Crippen LogP contribution in [0.4, 0.5) is 8.78 Å². The van der Waals surface area contributed by atoms with E-state index in [2.05, 4.69) is 5.32 Å². The minimum absolute atomic E-state index is 0.434. The van der Waals surface area contributed by atoms with Gasteiger partial charge in [0.15, 0.2) is 0 Å². The summed E-state index contributed by atoms with van der Waals surface area (Å²) >= 11 is 0.665. The second-order valence-corrected chi connectivity index (χ2v) is 4.97. The van der Waals surface area contributed by atoms with E-state index in [4.69, 9.17) is 0 Å². The van der Waals surface area contributed by atoms with Crippen LogP contribution in [-0.2, 0) is 0 Å². The summed E-state index contributed by atoms with van der Waals surface area (Å²) in [4.78, 5) is 0.740. The molecule has 16 heavy (non-hydrogen) atoms. The van der Waals surface area contributed by atoms with Crippen molar-refractivity contribution < 1.29 is 8.78 Å². The number of hydrogen-bond acceptors (Lipinski definition) is 2. The first-order valence-corrected chi connectivity index (χ1v) is 6.40. The molecular formula is C12H15F2NS. The Labute approximate surface area is 98.6 Å². The first kappa shape index (κ1) is 11.9. The molecule has 1 aliphatic rings. The molecule has 1 aromatic rings. The van der Waals surface area contributed by atoms with Crippen LogP contribution < -0.4 is 5.32 Å². The molecule has 1 nitrogen and oxygen atoms in total. The smallest absolute Gasteiger partial charge is 0.288 e. The highest BCUT2D eigenvalue weighted by Crippen LogP contribution is 2.35. The van der Waals surface area contributed by atoms with E-state index in [1.54, 1.807) is 6.07 Å². The third-order valence-corrected chi connectivity index (χ3v) is 3.72. The van der Waals surface area contributed by atoms with E-state index in [1.165, 1.54) is 0 Å². The van der Waals surface area contributed by atoms with Crippen molar-refractivity contribution in [1.82, 2.24) is 5.32 Å². The van der Waals surface area contributed by atoms with Crippen molar-refractivity contribution >= 4 is 11.8 Å². The zero-order chi connectivity index (χ0) is 11.4. The van der Waals surface area contributed by atoms with Gasteiger partial charge in [0, 0.05) is 4.90 Å². The fourth-order valence-corrected chi connectivity index (χ4v) is 2.87. The van der Waals surface area contributed by atoms with E-state index in [1.807, 2.05) is 18.2 Å². The summed E-state index contributed by atoms with van der Waals surface area (Å²) in [7, 11) is 0. The maximum absolute atomic E-state index is 12.4. The summed E-state index contributed by atoms with van der Waals surface area (Å²) < 4.78 is 24.8. The van der Waals surface area contributed by atoms with Crippen LogP contribution in [0.3, 0.4) is 0 Å². The van der Waals surface area contributed by atoms with E-state index < -0.39 is 5.76 Å². The molecule has 1 saturated heterocycles. The summed E-state index contributed by atoms with van der Waals surface area (Å²) in [5.41, 5.74) is 1.09. The molecule has 1 fully saturated rings. The summed E-state index contributed by atoms with van der Waals surface area (Å²) in [6.07, 6.45) is 2.08. The quantitative estimate of drug-likeness (QED) is 0.816. The first-order chi connectivity index (χ1) is 7.77. The van der Waals surface area contributed by atoms with E-state index in [9.17, 15) is 8.78 Å². The van der Waals surface area contributed by atoms with Gasteiger partial charge in [0.05, 0.1) is 0 Å². The van der Waals surface area contributed by atoms with Crippen LogP contribution >= 0.6 is 11.8 Å². The number of rotatable bonds is 3. The van der Waals surface area contributed by atoms with Crippen molar-refractivity contribution in [1.29, 1.82) is 0 Å². The van der Waals surface area contributed by atoms with Gasteiger partial charge in [0.25, 0.3) is 5.76 Å². The molecule has 0 atom stereocenters. The lowest BCUT2D eigenvalue weighted by molar-refractivity contribution is 0.252. The number of halogens is 2. The lowest BCUT2D eigenvalue weighted by Crippen LogP contribution is -2.26. The Hall–Kier alpha value is -0.610. The number of benzene rings is 1. The Morgan fingerprint density at radius 1 is 1.19 bits per heavy atom. The highest BCUT2D eigenvalue weighted by Gasteiger charge is 2.19. The Bertz CT molecular complexity index is 338. The van der Waals surface area contributed by atoms with Crippen LogP contribution in [0.5, 0.6) is 0 Å². The van der Waals surface area contributed by atoms with Crippen LogP contribution in [0.1, 0.15) is 24.3 Å². The summed E-state index contributed by atoms with van der Waals surface area (Å²) in [6, 6.07) is 7.55. The van der Waals surface area contributed by atoms with Crippen LogP contribution in [0.15, 0.2) is 29.2 Å². The molecule has 0 aromatic heterocycles. The molecule has 0 unspecified atom stereocenters. The minimum atomic E-state index is -2.33. The van der Waals surface area contributed by atoms with Gasteiger partial charge in [-0.05, 0) is 43.5 Å². The van der Waals surface area contributed by atoms with Crippen molar-refractivity contribution in [2.75, 3.05) is 13.1 Å². The van der Waals surface area contributed by atoms with Crippen molar-refractivity contribution in [2.45, 2.75) is 29.4 Å². The molecule has 0 spiro atoms. The fourth-order valence-electron chi connectivity index (χ4n) is 2.15. The second-order valence-electron chi connectivity index (χ2n) is 3.94. The minimum Gasteiger partial charge on any atom is -0.317 e.